The lowest BCUT2D eigenvalue weighted by atomic mass is 10.1. The summed E-state index contributed by atoms with van der Waals surface area (Å²) in [5.74, 6) is 1.68. The fourth-order valence-electron chi connectivity index (χ4n) is 3.59. The number of rotatable bonds is 4. The quantitative estimate of drug-likeness (QED) is 0.539. The predicted octanol–water partition coefficient (Wildman–Crippen LogP) is 3.33. The van der Waals surface area contributed by atoms with Crippen molar-refractivity contribution in [3.8, 4) is 22.8 Å². The summed E-state index contributed by atoms with van der Waals surface area (Å²) in [6.45, 7) is 0.896. The second-order valence-corrected chi connectivity index (χ2v) is 6.56. The van der Waals surface area contributed by atoms with Gasteiger partial charge in [-0.15, -0.1) is 0 Å². The zero-order chi connectivity index (χ0) is 18.8. The van der Waals surface area contributed by atoms with E-state index < -0.39 is 0 Å². The summed E-state index contributed by atoms with van der Waals surface area (Å²) in [4.78, 5) is 23.9. The molecule has 5 heterocycles. The van der Waals surface area contributed by atoms with Crippen molar-refractivity contribution in [2.45, 2.75) is 18.9 Å². The van der Waals surface area contributed by atoms with E-state index in [1.807, 2.05) is 24.4 Å². The summed E-state index contributed by atoms with van der Waals surface area (Å²) in [5.41, 5.74) is 2.69. The SMILES string of the molecule is c1cncc(-c2noc(-c3cncnc3N3CCCC3c3cccnc3)n2)c1. The second-order valence-electron chi connectivity index (χ2n) is 6.56. The molecule has 0 aliphatic carbocycles. The van der Waals surface area contributed by atoms with Gasteiger partial charge in [0.05, 0.1) is 6.04 Å². The standard InChI is InChI=1S/C20H17N7O/c1-4-14(10-21-7-1)17-6-3-9-27(17)19-16(12-23-13-24-19)20-25-18(26-28-20)15-5-2-8-22-11-15/h1-2,4-5,7-8,10-13,17H,3,6,9H2. The van der Waals surface area contributed by atoms with Crippen LogP contribution in [0.25, 0.3) is 22.8 Å². The summed E-state index contributed by atoms with van der Waals surface area (Å²) in [6.07, 6.45) is 12.5. The number of hydrogen-bond acceptors (Lipinski definition) is 8. The van der Waals surface area contributed by atoms with Crippen LogP contribution in [0, 0.1) is 0 Å². The van der Waals surface area contributed by atoms with Crippen LogP contribution in [0.1, 0.15) is 24.4 Å². The highest BCUT2D eigenvalue weighted by Crippen LogP contribution is 2.39. The van der Waals surface area contributed by atoms with Crippen molar-refractivity contribution < 1.29 is 4.52 Å². The molecule has 138 valence electrons. The number of anilines is 1. The van der Waals surface area contributed by atoms with E-state index in [1.165, 1.54) is 5.56 Å². The molecule has 8 heteroatoms. The Labute approximate surface area is 161 Å². The smallest absolute Gasteiger partial charge is 0.263 e. The van der Waals surface area contributed by atoms with Gasteiger partial charge in [0.15, 0.2) is 0 Å². The molecule has 1 aliphatic rings. The van der Waals surface area contributed by atoms with Gasteiger partial charge in [-0.1, -0.05) is 11.2 Å². The molecule has 1 aliphatic heterocycles. The Bertz CT molecular complexity index is 1070. The number of aromatic nitrogens is 6. The van der Waals surface area contributed by atoms with E-state index in [2.05, 4.69) is 41.0 Å². The van der Waals surface area contributed by atoms with Crippen LogP contribution in [0.5, 0.6) is 0 Å². The molecule has 0 N–H and O–H groups in total. The van der Waals surface area contributed by atoms with Crippen LogP contribution in [0.2, 0.25) is 0 Å². The molecule has 5 rings (SSSR count). The summed E-state index contributed by atoms with van der Waals surface area (Å²) in [7, 11) is 0. The monoisotopic (exact) mass is 371 g/mol. The Morgan fingerprint density at radius 1 is 1.00 bits per heavy atom. The van der Waals surface area contributed by atoms with E-state index in [4.69, 9.17) is 4.52 Å². The number of hydrogen-bond donors (Lipinski definition) is 0. The van der Waals surface area contributed by atoms with Gasteiger partial charge < -0.3 is 9.42 Å². The van der Waals surface area contributed by atoms with Crippen LogP contribution in [0.15, 0.2) is 66.1 Å². The van der Waals surface area contributed by atoms with Crippen LogP contribution < -0.4 is 4.90 Å². The topological polar surface area (TPSA) is 93.7 Å². The first kappa shape index (κ1) is 16.5. The first-order valence-electron chi connectivity index (χ1n) is 9.11. The van der Waals surface area contributed by atoms with Crippen molar-refractivity contribution in [1.29, 1.82) is 0 Å². The van der Waals surface area contributed by atoms with Gasteiger partial charge >= 0.3 is 0 Å². The molecular weight excluding hydrogens is 354 g/mol. The van der Waals surface area contributed by atoms with Crippen LogP contribution in [0.3, 0.4) is 0 Å². The van der Waals surface area contributed by atoms with E-state index in [0.29, 0.717) is 11.7 Å². The third-order valence-electron chi connectivity index (χ3n) is 4.86. The highest BCUT2D eigenvalue weighted by atomic mass is 16.5. The molecule has 0 aromatic carbocycles. The van der Waals surface area contributed by atoms with E-state index in [1.54, 1.807) is 31.1 Å². The predicted molar refractivity (Wildman–Crippen MR) is 102 cm³/mol. The Balaban J connectivity index is 1.52. The van der Waals surface area contributed by atoms with Crippen LogP contribution in [-0.2, 0) is 0 Å². The largest absolute Gasteiger partial charge is 0.349 e. The van der Waals surface area contributed by atoms with Crippen molar-refractivity contribution in [3.05, 3.63) is 67.1 Å². The summed E-state index contributed by atoms with van der Waals surface area (Å²) < 4.78 is 5.54. The fourth-order valence-corrected chi connectivity index (χ4v) is 3.59. The molecule has 4 aromatic heterocycles. The average molecular weight is 371 g/mol. The van der Waals surface area contributed by atoms with Gasteiger partial charge in [-0.25, -0.2) is 9.97 Å². The molecular formula is C20H17N7O. The third-order valence-corrected chi connectivity index (χ3v) is 4.86. The second kappa shape index (κ2) is 7.15. The molecule has 8 nitrogen and oxygen atoms in total. The number of nitrogens with zero attached hydrogens (tertiary/aromatic N) is 7. The molecule has 0 amide bonds. The van der Waals surface area contributed by atoms with E-state index in [9.17, 15) is 0 Å². The molecule has 1 unspecified atom stereocenters. The number of pyridine rings is 2. The van der Waals surface area contributed by atoms with Gasteiger partial charge in [-0.3, -0.25) is 9.97 Å². The van der Waals surface area contributed by atoms with Crippen LogP contribution >= 0.6 is 0 Å². The first-order chi connectivity index (χ1) is 13.9. The molecule has 0 spiro atoms. The van der Waals surface area contributed by atoms with Gasteiger partial charge in [0.1, 0.15) is 17.7 Å². The zero-order valence-electron chi connectivity index (χ0n) is 15.0. The molecule has 1 saturated heterocycles. The highest BCUT2D eigenvalue weighted by molar-refractivity contribution is 5.71. The van der Waals surface area contributed by atoms with Gasteiger partial charge in [-0.05, 0) is 36.6 Å². The maximum absolute atomic E-state index is 5.54. The lowest BCUT2D eigenvalue weighted by molar-refractivity contribution is 0.432. The fraction of sp³-hybridized carbons (Fsp3) is 0.200. The van der Waals surface area contributed by atoms with Gasteiger partial charge in [0.2, 0.25) is 5.82 Å². The molecule has 1 atom stereocenters. The van der Waals surface area contributed by atoms with Crippen LogP contribution in [0.4, 0.5) is 5.82 Å². The Kier molecular flexibility index (Phi) is 4.21. The Morgan fingerprint density at radius 3 is 2.71 bits per heavy atom. The van der Waals surface area contributed by atoms with Crippen molar-refractivity contribution in [2.24, 2.45) is 0 Å². The van der Waals surface area contributed by atoms with E-state index in [0.717, 1.165) is 36.3 Å². The maximum Gasteiger partial charge on any atom is 0.263 e. The summed E-state index contributed by atoms with van der Waals surface area (Å²) in [5, 5.41) is 4.10. The molecule has 28 heavy (non-hydrogen) atoms. The van der Waals surface area contributed by atoms with Crippen LogP contribution in [-0.4, -0.2) is 36.6 Å². The minimum atomic E-state index is 0.211. The lowest BCUT2D eigenvalue weighted by Gasteiger charge is -2.26. The minimum Gasteiger partial charge on any atom is -0.349 e. The molecule has 0 bridgehead atoms. The highest BCUT2D eigenvalue weighted by Gasteiger charge is 2.30. The van der Waals surface area contributed by atoms with Gasteiger partial charge in [0, 0.05) is 43.1 Å². The third kappa shape index (κ3) is 2.98. The minimum absolute atomic E-state index is 0.211. The molecule has 1 fully saturated rings. The normalized spacial score (nSPS) is 16.4. The van der Waals surface area contributed by atoms with E-state index >= 15 is 0 Å². The maximum atomic E-state index is 5.54. The van der Waals surface area contributed by atoms with Gasteiger partial charge in [-0.2, -0.15) is 4.98 Å². The van der Waals surface area contributed by atoms with Crippen molar-refractivity contribution in [2.75, 3.05) is 11.4 Å². The van der Waals surface area contributed by atoms with Crippen molar-refractivity contribution in [1.82, 2.24) is 30.1 Å². The van der Waals surface area contributed by atoms with Gasteiger partial charge in [0.25, 0.3) is 5.89 Å². The average Bonchev–Trinajstić information content (AvgIpc) is 3.45. The first-order valence-corrected chi connectivity index (χ1v) is 9.11. The lowest BCUT2D eigenvalue weighted by Crippen LogP contribution is -2.24. The summed E-state index contributed by atoms with van der Waals surface area (Å²) in [6, 6.07) is 8.01. The Hall–Kier alpha value is -3.68. The molecule has 4 aromatic rings. The molecule has 0 radical (unpaired) electrons. The van der Waals surface area contributed by atoms with Crippen molar-refractivity contribution in [3.63, 3.8) is 0 Å². The van der Waals surface area contributed by atoms with E-state index in [-0.39, 0.29) is 6.04 Å². The molecule has 0 saturated carbocycles. The summed E-state index contributed by atoms with van der Waals surface area (Å²) >= 11 is 0. The zero-order valence-corrected chi connectivity index (χ0v) is 15.0. The van der Waals surface area contributed by atoms with Crippen molar-refractivity contribution >= 4 is 5.82 Å². The Morgan fingerprint density at radius 2 is 1.89 bits per heavy atom.